The predicted molar refractivity (Wildman–Crippen MR) is 90.4 cm³/mol. The van der Waals surface area contributed by atoms with Gasteiger partial charge in [0, 0.05) is 24.7 Å². The Morgan fingerprint density at radius 2 is 2.12 bits per heavy atom. The van der Waals surface area contributed by atoms with Crippen molar-refractivity contribution in [1.29, 1.82) is 0 Å². The van der Waals surface area contributed by atoms with E-state index in [9.17, 15) is 9.59 Å². The van der Waals surface area contributed by atoms with Gasteiger partial charge in [-0.15, -0.1) is 0 Å². The van der Waals surface area contributed by atoms with Gasteiger partial charge in [-0.25, -0.2) is 4.98 Å². The lowest BCUT2D eigenvalue weighted by molar-refractivity contribution is -0.128. The Bertz CT molecular complexity index is 664. The summed E-state index contributed by atoms with van der Waals surface area (Å²) in [5.74, 6) is -0.0967. The van der Waals surface area contributed by atoms with Crippen LogP contribution < -0.4 is 10.6 Å². The summed E-state index contributed by atoms with van der Waals surface area (Å²) in [6.07, 6.45) is 5.79. The van der Waals surface area contributed by atoms with Crippen LogP contribution in [0.4, 0.5) is 0 Å². The Labute approximate surface area is 141 Å². The highest BCUT2D eigenvalue weighted by atomic mass is 16.2. The Balaban J connectivity index is 1.68. The van der Waals surface area contributed by atoms with Crippen LogP contribution >= 0.6 is 0 Å². The van der Waals surface area contributed by atoms with Crippen LogP contribution in [0.1, 0.15) is 24.1 Å². The minimum absolute atomic E-state index is 0.00199. The van der Waals surface area contributed by atoms with Crippen molar-refractivity contribution in [2.24, 2.45) is 0 Å². The highest BCUT2D eigenvalue weighted by Crippen LogP contribution is 2.09. The van der Waals surface area contributed by atoms with Crippen molar-refractivity contribution >= 4 is 11.7 Å². The maximum absolute atomic E-state index is 12.7. The van der Waals surface area contributed by atoms with E-state index in [1.165, 1.54) is 0 Å². The Morgan fingerprint density at radius 1 is 1.29 bits per heavy atom. The summed E-state index contributed by atoms with van der Waals surface area (Å²) in [6.45, 7) is 0.848. The van der Waals surface area contributed by atoms with Gasteiger partial charge in [0.15, 0.2) is 5.78 Å². The number of hydrogen-bond acceptors (Lipinski definition) is 4. The van der Waals surface area contributed by atoms with Gasteiger partial charge >= 0.3 is 0 Å². The highest BCUT2D eigenvalue weighted by molar-refractivity contribution is 5.92. The van der Waals surface area contributed by atoms with Gasteiger partial charge in [0.2, 0.25) is 5.91 Å². The first-order valence-electron chi connectivity index (χ1n) is 8.30. The summed E-state index contributed by atoms with van der Waals surface area (Å²) in [7, 11) is 0. The highest BCUT2D eigenvalue weighted by Gasteiger charge is 2.27. The van der Waals surface area contributed by atoms with Gasteiger partial charge in [-0.05, 0) is 24.9 Å². The number of rotatable bonds is 7. The average Bonchev–Trinajstić information content (AvgIpc) is 3.29. The molecule has 126 valence electrons. The monoisotopic (exact) mass is 326 g/mol. The van der Waals surface area contributed by atoms with Gasteiger partial charge < -0.3 is 15.6 Å². The van der Waals surface area contributed by atoms with Gasteiger partial charge in [0.25, 0.3) is 0 Å². The van der Waals surface area contributed by atoms with E-state index in [-0.39, 0.29) is 17.7 Å². The smallest absolute Gasteiger partial charge is 0.237 e. The first kappa shape index (κ1) is 16.4. The molecule has 2 aromatic rings. The maximum Gasteiger partial charge on any atom is 0.237 e. The molecule has 2 atom stereocenters. The van der Waals surface area contributed by atoms with Crippen molar-refractivity contribution in [3.63, 3.8) is 0 Å². The number of benzene rings is 1. The molecular weight excluding hydrogens is 304 g/mol. The van der Waals surface area contributed by atoms with E-state index >= 15 is 0 Å². The maximum atomic E-state index is 12.7. The molecular formula is C18H22N4O2. The number of carbonyl (C=O) groups excluding carboxylic acids is 2. The molecule has 1 fully saturated rings. The third-order valence-electron chi connectivity index (χ3n) is 4.28. The Hall–Kier alpha value is -2.47. The zero-order chi connectivity index (χ0) is 16.8. The normalized spacial score (nSPS) is 18.2. The first-order valence-corrected chi connectivity index (χ1v) is 8.30. The van der Waals surface area contributed by atoms with Crippen LogP contribution in [-0.2, 0) is 22.4 Å². The van der Waals surface area contributed by atoms with Crippen LogP contribution in [0.3, 0.4) is 0 Å². The average molecular weight is 326 g/mol. The summed E-state index contributed by atoms with van der Waals surface area (Å²) in [5, 5.41) is 6.08. The molecule has 0 spiro atoms. The number of carbonyl (C=O) groups is 2. The number of amides is 1. The minimum atomic E-state index is -0.555. The van der Waals surface area contributed by atoms with Gasteiger partial charge in [-0.2, -0.15) is 0 Å². The van der Waals surface area contributed by atoms with Crippen LogP contribution in [0, 0.1) is 0 Å². The first-order chi connectivity index (χ1) is 11.7. The van der Waals surface area contributed by atoms with E-state index in [2.05, 4.69) is 20.6 Å². The third-order valence-corrected chi connectivity index (χ3v) is 4.28. The number of ketones is 1. The van der Waals surface area contributed by atoms with Gasteiger partial charge in [0.1, 0.15) is 0 Å². The lowest BCUT2D eigenvalue weighted by atomic mass is 9.99. The summed E-state index contributed by atoms with van der Waals surface area (Å²) >= 11 is 0. The van der Waals surface area contributed by atoms with Gasteiger partial charge in [-0.1, -0.05) is 30.3 Å². The molecule has 0 radical (unpaired) electrons. The molecule has 24 heavy (non-hydrogen) atoms. The SMILES string of the molecule is O=C(Cc1ccccc1)[C@H](Cc1cnc[nH]1)NC(=O)[C@@H]1CCCN1. The standard InChI is InChI=1S/C18H22N4O2/c23-17(9-13-5-2-1-3-6-13)16(10-14-11-19-12-21-14)22-18(24)15-7-4-8-20-15/h1-3,5-6,11-12,15-16,20H,4,7-10H2,(H,19,21)(H,22,24)/t15-,16-/m0/s1. The zero-order valence-electron chi connectivity index (χ0n) is 13.5. The number of imidazole rings is 1. The molecule has 1 amide bonds. The van der Waals surface area contributed by atoms with E-state index < -0.39 is 6.04 Å². The molecule has 1 aromatic carbocycles. The predicted octanol–water partition coefficient (Wildman–Crippen LogP) is 1.00. The van der Waals surface area contributed by atoms with Crippen LogP contribution in [-0.4, -0.2) is 40.3 Å². The topological polar surface area (TPSA) is 86.9 Å². The second kappa shape index (κ2) is 7.88. The summed E-state index contributed by atoms with van der Waals surface area (Å²) < 4.78 is 0. The lowest BCUT2D eigenvalue weighted by Crippen LogP contribution is -2.49. The molecule has 0 aliphatic carbocycles. The molecule has 6 nitrogen and oxygen atoms in total. The largest absolute Gasteiger partial charge is 0.348 e. The van der Waals surface area contributed by atoms with Crippen molar-refractivity contribution in [3.05, 3.63) is 54.1 Å². The Morgan fingerprint density at radius 3 is 2.79 bits per heavy atom. The number of aromatic nitrogens is 2. The van der Waals surface area contributed by atoms with Gasteiger partial charge in [0.05, 0.1) is 18.4 Å². The second-order valence-corrected chi connectivity index (χ2v) is 6.12. The molecule has 1 saturated heterocycles. The number of aromatic amines is 1. The summed E-state index contributed by atoms with van der Waals surface area (Å²) in [4.78, 5) is 32.1. The molecule has 1 aliphatic heterocycles. The van der Waals surface area contributed by atoms with E-state index in [1.807, 2.05) is 30.3 Å². The zero-order valence-corrected chi connectivity index (χ0v) is 13.5. The van der Waals surface area contributed by atoms with Crippen molar-refractivity contribution in [2.75, 3.05) is 6.54 Å². The fourth-order valence-corrected chi connectivity index (χ4v) is 2.96. The van der Waals surface area contributed by atoms with Crippen LogP contribution in [0.15, 0.2) is 42.9 Å². The van der Waals surface area contributed by atoms with Crippen molar-refractivity contribution in [2.45, 2.75) is 37.8 Å². The molecule has 1 aliphatic rings. The number of hydrogen-bond donors (Lipinski definition) is 3. The van der Waals surface area contributed by atoms with Crippen LogP contribution in [0.2, 0.25) is 0 Å². The van der Waals surface area contributed by atoms with Crippen LogP contribution in [0.5, 0.6) is 0 Å². The molecule has 0 bridgehead atoms. The molecule has 0 saturated carbocycles. The molecule has 3 rings (SSSR count). The molecule has 6 heteroatoms. The number of nitrogens with one attached hydrogen (secondary N) is 3. The Kier molecular flexibility index (Phi) is 5.38. The molecule has 3 N–H and O–H groups in total. The molecule has 1 aromatic heterocycles. The van der Waals surface area contributed by atoms with E-state index in [1.54, 1.807) is 12.5 Å². The minimum Gasteiger partial charge on any atom is -0.348 e. The summed E-state index contributed by atoms with van der Waals surface area (Å²) in [6, 6.07) is 8.83. The van der Waals surface area contributed by atoms with E-state index in [4.69, 9.17) is 0 Å². The fourth-order valence-electron chi connectivity index (χ4n) is 2.96. The fraction of sp³-hybridized carbons (Fsp3) is 0.389. The van der Waals surface area contributed by atoms with Crippen molar-refractivity contribution < 1.29 is 9.59 Å². The third kappa shape index (κ3) is 4.29. The number of Topliss-reactive ketones (excluding diaryl/α,β-unsaturated/α-hetero) is 1. The molecule has 0 unspecified atom stereocenters. The quantitative estimate of drug-likeness (QED) is 0.708. The van der Waals surface area contributed by atoms with Crippen molar-refractivity contribution in [1.82, 2.24) is 20.6 Å². The van der Waals surface area contributed by atoms with E-state index in [0.717, 1.165) is 30.6 Å². The number of H-pyrrole nitrogens is 1. The molecule has 2 heterocycles. The summed E-state index contributed by atoms with van der Waals surface area (Å²) in [5.41, 5.74) is 1.78. The number of nitrogens with zero attached hydrogens (tertiary/aromatic N) is 1. The van der Waals surface area contributed by atoms with Gasteiger partial charge in [-0.3, -0.25) is 9.59 Å². The van der Waals surface area contributed by atoms with E-state index in [0.29, 0.717) is 12.8 Å². The second-order valence-electron chi connectivity index (χ2n) is 6.12. The van der Waals surface area contributed by atoms with Crippen LogP contribution in [0.25, 0.3) is 0 Å². The lowest BCUT2D eigenvalue weighted by Gasteiger charge is -2.20. The van der Waals surface area contributed by atoms with Crippen molar-refractivity contribution in [3.8, 4) is 0 Å².